The van der Waals surface area contributed by atoms with Crippen molar-refractivity contribution in [1.29, 1.82) is 0 Å². The maximum atomic E-state index is 13.0. The highest BCUT2D eigenvalue weighted by molar-refractivity contribution is 5.15. The molecule has 2 heteroatoms. The lowest BCUT2D eigenvalue weighted by Gasteiger charge is -1.92. The Kier molecular flexibility index (Phi) is 0.594. The van der Waals surface area contributed by atoms with Gasteiger partial charge in [-0.25, -0.2) is 4.39 Å². The van der Waals surface area contributed by atoms with Crippen molar-refractivity contribution in [2.24, 2.45) is 5.73 Å². The summed E-state index contributed by atoms with van der Waals surface area (Å²) in [5.41, 5.74) is 4.41. The van der Waals surface area contributed by atoms with Gasteiger partial charge in [-0.3, -0.25) is 0 Å². The van der Waals surface area contributed by atoms with Crippen LogP contribution in [0.4, 0.5) is 4.39 Å². The van der Waals surface area contributed by atoms with Crippen LogP contribution in [0.2, 0.25) is 0 Å². The highest BCUT2D eigenvalue weighted by Crippen LogP contribution is 2.00. The van der Waals surface area contributed by atoms with Crippen LogP contribution in [0, 0.1) is 5.82 Å². The summed E-state index contributed by atoms with van der Waals surface area (Å²) in [6.45, 7) is -2.53. The largest absolute Gasteiger partial charge is 0.326 e. The number of halogens is 1. The molecular weight excluding hydrogens is 117 g/mol. The molecule has 0 aliphatic heterocycles. The number of benzene rings is 1. The summed E-state index contributed by atoms with van der Waals surface area (Å²) in [5.74, 6) is -1.31. The van der Waals surface area contributed by atoms with E-state index in [0.717, 1.165) is 0 Å². The van der Waals surface area contributed by atoms with Gasteiger partial charge in [0.2, 0.25) is 0 Å². The monoisotopic (exact) mass is 131 g/mol. The lowest BCUT2D eigenvalue weighted by molar-refractivity contribution is 0.627. The average Bonchev–Trinajstić information content (AvgIpc) is 2.09. The van der Waals surface area contributed by atoms with E-state index in [1.54, 1.807) is 0 Å². The molecule has 0 heterocycles. The molecule has 0 aliphatic carbocycles. The van der Waals surface area contributed by atoms with Crippen LogP contribution < -0.4 is 5.73 Å². The quantitative estimate of drug-likeness (QED) is 0.610. The van der Waals surface area contributed by atoms with Crippen LogP contribution in [0.25, 0.3) is 0 Å². The first-order chi connectivity index (χ1) is 6.68. The Labute approximate surface area is 61.7 Å². The number of hydrogen-bond donors (Lipinski definition) is 1. The fraction of sp³-hybridized carbons (Fsp3) is 0.143. The fourth-order valence-corrected chi connectivity index (χ4v) is 0.369. The molecule has 48 valence electrons. The molecule has 9 heavy (non-hydrogen) atoms. The summed E-state index contributed by atoms with van der Waals surface area (Å²) in [7, 11) is 0. The fourth-order valence-electron chi connectivity index (χ4n) is 0.369. The SMILES string of the molecule is [2H]c1c([2H])c(C([2H])([2H])N)c([2H])c([2H])c1F. The third-order valence-electron chi connectivity index (χ3n) is 0.739. The van der Waals surface area contributed by atoms with Gasteiger partial charge in [0.1, 0.15) is 5.82 Å². The van der Waals surface area contributed by atoms with E-state index in [0.29, 0.717) is 0 Å². The standard InChI is InChI=1S/C7H8FN/c8-7-3-1-6(5-9)2-4-7/h1-4H,5,9H2/i1D,2D,3D,4D,5D2. The van der Waals surface area contributed by atoms with Crippen LogP contribution in [0.3, 0.4) is 0 Å². The van der Waals surface area contributed by atoms with Gasteiger partial charge in [0, 0.05) is 9.24 Å². The van der Waals surface area contributed by atoms with Gasteiger partial charge in [-0.2, -0.15) is 0 Å². The Morgan fingerprint density at radius 2 is 2.11 bits per heavy atom. The summed E-state index contributed by atoms with van der Waals surface area (Å²) in [6, 6.07) is -3.41. The van der Waals surface area contributed by atoms with Gasteiger partial charge >= 0.3 is 0 Å². The van der Waals surface area contributed by atoms with Crippen LogP contribution in [-0.2, 0) is 6.50 Å². The van der Waals surface area contributed by atoms with Crippen LogP contribution >= 0.6 is 0 Å². The van der Waals surface area contributed by atoms with Crippen molar-refractivity contribution in [1.82, 2.24) is 0 Å². The second-order valence-corrected chi connectivity index (χ2v) is 1.33. The predicted molar refractivity (Wildman–Crippen MR) is 34.3 cm³/mol. The minimum Gasteiger partial charge on any atom is -0.326 e. The van der Waals surface area contributed by atoms with E-state index in [9.17, 15) is 4.39 Å². The van der Waals surface area contributed by atoms with E-state index >= 15 is 0 Å². The first-order valence-electron chi connectivity index (χ1n) is 5.23. The Morgan fingerprint density at radius 3 is 2.56 bits per heavy atom. The van der Waals surface area contributed by atoms with Crippen molar-refractivity contribution >= 4 is 0 Å². The molecule has 0 saturated heterocycles. The van der Waals surface area contributed by atoms with Crippen molar-refractivity contribution in [2.75, 3.05) is 0 Å². The maximum absolute atomic E-state index is 13.0. The first kappa shape index (κ1) is 2.06. The molecule has 0 atom stereocenters. The van der Waals surface area contributed by atoms with Gasteiger partial charge < -0.3 is 5.73 Å². The second kappa shape index (κ2) is 2.60. The molecule has 0 amide bonds. The molecule has 1 rings (SSSR count). The molecule has 0 radical (unpaired) electrons. The average molecular weight is 131 g/mol. The van der Waals surface area contributed by atoms with E-state index in [2.05, 4.69) is 0 Å². The van der Waals surface area contributed by atoms with E-state index in [1.807, 2.05) is 0 Å². The molecule has 0 spiro atoms. The normalized spacial score (nSPS) is 20.7. The van der Waals surface area contributed by atoms with Crippen LogP contribution in [0.5, 0.6) is 0 Å². The van der Waals surface area contributed by atoms with Crippen molar-refractivity contribution in [3.63, 3.8) is 0 Å². The first-order valence-corrected chi connectivity index (χ1v) is 2.23. The lowest BCUT2D eigenvalue weighted by atomic mass is 10.2. The summed E-state index contributed by atoms with van der Waals surface area (Å²) >= 11 is 0. The summed E-state index contributed by atoms with van der Waals surface area (Å²) < 4.78 is 56.1. The van der Waals surface area contributed by atoms with Gasteiger partial charge in [-0.05, 0) is 17.6 Å². The molecular formula is C7H8FN. The van der Waals surface area contributed by atoms with E-state index < -0.39 is 42.0 Å². The van der Waals surface area contributed by atoms with Gasteiger partial charge in [0.05, 0.1) is 5.48 Å². The predicted octanol–water partition coefficient (Wildman–Crippen LogP) is 1.28. The lowest BCUT2D eigenvalue weighted by Crippen LogP contribution is -1.94. The molecule has 0 unspecified atom stereocenters. The topological polar surface area (TPSA) is 26.0 Å². The zero-order chi connectivity index (χ0) is 12.0. The van der Waals surface area contributed by atoms with Crippen molar-refractivity contribution in [3.8, 4) is 0 Å². The zero-order valence-electron chi connectivity index (χ0n) is 10.5. The van der Waals surface area contributed by atoms with Crippen LogP contribution in [0.15, 0.2) is 24.2 Å². The molecule has 0 bridgehead atoms. The second-order valence-electron chi connectivity index (χ2n) is 1.33. The molecule has 0 aliphatic rings. The van der Waals surface area contributed by atoms with Gasteiger partial charge in [-0.15, -0.1) is 0 Å². The van der Waals surface area contributed by atoms with E-state index in [4.69, 9.17) is 14.0 Å². The third kappa shape index (κ3) is 1.50. The Hall–Kier alpha value is -0.890. The summed E-state index contributed by atoms with van der Waals surface area (Å²) in [4.78, 5) is 0. The number of nitrogens with two attached hydrogens (primary N) is 1. The highest BCUT2D eigenvalue weighted by atomic mass is 19.1. The van der Waals surface area contributed by atoms with E-state index in [-0.39, 0.29) is 0 Å². The van der Waals surface area contributed by atoms with Crippen LogP contribution in [-0.4, -0.2) is 0 Å². The smallest absolute Gasteiger partial charge is 0.123 e. The highest BCUT2D eigenvalue weighted by Gasteiger charge is 1.87. The van der Waals surface area contributed by atoms with Gasteiger partial charge in [0.15, 0.2) is 0 Å². The van der Waals surface area contributed by atoms with E-state index in [1.165, 1.54) is 0 Å². The molecule has 2 N–H and O–H groups in total. The Bertz CT molecular complexity index is 384. The maximum Gasteiger partial charge on any atom is 0.123 e. The molecule has 1 aromatic rings. The number of rotatable bonds is 1. The van der Waals surface area contributed by atoms with Crippen molar-refractivity contribution in [3.05, 3.63) is 35.6 Å². The zero-order valence-corrected chi connectivity index (χ0v) is 4.46. The molecule has 0 fully saturated rings. The van der Waals surface area contributed by atoms with Crippen molar-refractivity contribution in [2.45, 2.75) is 6.50 Å². The third-order valence-corrected chi connectivity index (χ3v) is 0.739. The van der Waals surface area contributed by atoms with Gasteiger partial charge in [0.25, 0.3) is 0 Å². The summed E-state index contributed by atoms with van der Waals surface area (Å²) in [6.07, 6.45) is 0. The molecule has 0 aromatic heterocycles. The van der Waals surface area contributed by atoms with Crippen LogP contribution in [0.1, 0.15) is 13.8 Å². The minimum absolute atomic E-state index is 0.640. The summed E-state index contributed by atoms with van der Waals surface area (Å²) in [5, 5.41) is 0. The van der Waals surface area contributed by atoms with Gasteiger partial charge in [-0.1, -0.05) is 12.1 Å². The Balaban J connectivity index is 3.68. The molecule has 0 saturated carbocycles. The Morgan fingerprint density at radius 1 is 1.56 bits per heavy atom. The molecule has 1 aromatic carbocycles. The molecule has 1 nitrogen and oxygen atoms in total. The number of hydrogen-bond acceptors (Lipinski definition) is 1. The minimum atomic E-state index is -2.53. The van der Waals surface area contributed by atoms with Crippen molar-refractivity contribution < 1.29 is 12.6 Å².